The van der Waals surface area contributed by atoms with E-state index < -0.39 is 0 Å². The van der Waals surface area contributed by atoms with Gasteiger partial charge in [-0.15, -0.1) is 0 Å². The molecule has 2 rings (SSSR count). The van der Waals surface area contributed by atoms with Crippen LogP contribution in [0.1, 0.15) is 5.56 Å². The molecule has 0 fully saturated rings. The van der Waals surface area contributed by atoms with E-state index in [-0.39, 0.29) is 0 Å². The van der Waals surface area contributed by atoms with Crippen molar-refractivity contribution in [3.05, 3.63) is 28.6 Å². The molecule has 0 aliphatic carbocycles. The molecule has 58 valence electrons. The highest BCUT2D eigenvalue weighted by molar-refractivity contribution is 9.10. The maximum Gasteiger partial charge on any atom is 0.173 e. The second-order valence-electron chi connectivity index (χ2n) is 2.21. The van der Waals surface area contributed by atoms with Crippen LogP contribution in [0.5, 0.6) is 0 Å². The summed E-state index contributed by atoms with van der Waals surface area (Å²) >= 11 is 3.27. The third-order valence-electron chi connectivity index (χ3n) is 1.46. The highest BCUT2D eigenvalue weighted by atomic mass is 79.9. The van der Waals surface area contributed by atoms with Crippen LogP contribution in [0.15, 0.2) is 23.1 Å². The van der Waals surface area contributed by atoms with E-state index in [0.717, 1.165) is 4.47 Å². The van der Waals surface area contributed by atoms with E-state index in [1.807, 2.05) is 6.07 Å². The third kappa shape index (κ3) is 0.970. The highest BCUT2D eigenvalue weighted by Crippen LogP contribution is 2.14. The van der Waals surface area contributed by atoms with Crippen molar-refractivity contribution in [2.75, 3.05) is 0 Å². The summed E-state index contributed by atoms with van der Waals surface area (Å²) in [6.45, 7) is 0. The highest BCUT2D eigenvalue weighted by Gasteiger charge is 2.03. The van der Waals surface area contributed by atoms with Crippen molar-refractivity contribution < 1.29 is 0 Å². The molecule has 12 heavy (non-hydrogen) atoms. The van der Waals surface area contributed by atoms with Crippen molar-refractivity contribution in [1.29, 1.82) is 5.26 Å². The third-order valence-corrected chi connectivity index (χ3v) is 1.90. The van der Waals surface area contributed by atoms with Gasteiger partial charge in [-0.1, -0.05) is 0 Å². The van der Waals surface area contributed by atoms with Crippen molar-refractivity contribution >= 4 is 21.6 Å². The number of nitriles is 1. The number of hydrogen-bond acceptors (Lipinski definition) is 3. The summed E-state index contributed by atoms with van der Waals surface area (Å²) in [5.41, 5.74) is 1.10. The van der Waals surface area contributed by atoms with Crippen LogP contribution in [0.3, 0.4) is 0 Å². The fraction of sp³-hybridized carbons (Fsp3) is 0. The molecule has 0 unspecified atom stereocenters. The van der Waals surface area contributed by atoms with Crippen LogP contribution in [0, 0.1) is 11.3 Å². The summed E-state index contributed by atoms with van der Waals surface area (Å²) in [7, 11) is 0. The monoisotopic (exact) mass is 222 g/mol. The van der Waals surface area contributed by atoms with Crippen molar-refractivity contribution in [3.8, 4) is 6.07 Å². The smallest absolute Gasteiger partial charge is 0.173 e. The van der Waals surface area contributed by atoms with Crippen molar-refractivity contribution in [2.24, 2.45) is 0 Å². The van der Waals surface area contributed by atoms with Crippen LogP contribution >= 0.6 is 15.9 Å². The van der Waals surface area contributed by atoms with Gasteiger partial charge in [-0.2, -0.15) is 10.4 Å². The van der Waals surface area contributed by atoms with E-state index in [1.54, 1.807) is 16.8 Å². The lowest BCUT2D eigenvalue weighted by molar-refractivity contribution is 0.954. The van der Waals surface area contributed by atoms with E-state index in [2.05, 4.69) is 26.0 Å². The molecule has 0 saturated heterocycles. The number of nitrogens with zero attached hydrogens (tertiary/aromatic N) is 4. The van der Waals surface area contributed by atoms with E-state index >= 15 is 0 Å². The summed E-state index contributed by atoms with van der Waals surface area (Å²) in [5.74, 6) is 0. The topological polar surface area (TPSA) is 54.0 Å². The Kier molecular flexibility index (Phi) is 1.55. The van der Waals surface area contributed by atoms with Gasteiger partial charge in [0.25, 0.3) is 0 Å². The van der Waals surface area contributed by atoms with Crippen LogP contribution in [-0.4, -0.2) is 14.6 Å². The summed E-state index contributed by atoms with van der Waals surface area (Å²) in [5, 5.41) is 12.6. The van der Waals surface area contributed by atoms with Gasteiger partial charge in [0, 0.05) is 10.7 Å². The zero-order chi connectivity index (χ0) is 8.55. The Morgan fingerprint density at radius 3 is 3.17 bits per heavy atom. The molecule has 0 atom stereocenters. The van der Waals surface area contributed by atoms with Gasteiger partial charge in [-0.05, 0) is 22.0 Å². The molecule has 0 aromatic carbocycles. The largest absolute Gasteiger partial charge is 0.219 e. The molecule has 0 spiro atoms. The number of rotatable bonds is 0. The lowest BCUT2D eigenvalue weighted by Crippen LogP contribution is -1.90. The van der Waals surface area contributed by atoms with E-state index in [9.17, 15) is 0 Å². The molecule has 0 aliphatic rings. The van der Waals surface area contributed by atoms with Crippen LogP contribution in [-0.2, 0) is 0 Å². The molecule has 0 radical (unpaired) electrons. The predicted octanol–water partition coefficient (Wildman–Crippen LogP) is 1.36. The molecule has 0 amide bonds. The van der Waals surface area contributed by atoms with Gasteiger partial charge < -0.3 is 0 Å². The first kappa shape index (κ1) is 7.25. The summed E-state index contributed by atoms with van der Waals surface area (Å²) < 4.78 is 2.37. The first-order valence-electron chi connectivity index (χ1n) is 3.20. The van der Waals surface area contributed by atoms with Crippen molar-refractivity contribution in [3.63, 3.8) is 0 Å². The summed E-state index contributed by atoms with van der Waals surface area (Å²) in [6.07, 6.45) is 3.17. The average molecular weight is 223 g/mol. The van der Waals surface area contributed by atoms with Gasteiger partial charge >= 0.3 is 0 Å². The molecule has 0 aliphatic heterocycles. The summed E-state index contributed by atoms with van der Waals surface area (Å²) in [4.78, 5) is 3.94. The Balaban J connectivity index is 2.91. The van der Waals surface area contributed by atoms with Crippen LogP contribution in [0.2, 0.25) is 0 Å². The van der Waals surface area contributed by atoms with Crippen molar-refractivity contribution in [1.82, 2.24) is 14.6 Å². The quantitative estimate of drug-likeness (QED) is 0.677. The normalized spacial score (nSPS) is 10.0. The van der Waals surface area contributed by atoms with E-state index in [4.69, 9.17) is 5.26 Å². The minimum Gasteiger partial charge on any atom is -0.219 e. The van der Waals surface area contributed by atoms with Crippen LogP contribution in [0.25, 0.3) is 5.65 Å². The molecule has 5 heteroatoms. The van der Waals surface area contributed by atoms with Crippen LogP contribution < -0.4 is 0 Å². The number of hydrogen-bond donors (Lipinski definition) is 0. The lowest BCUT2D eigenvalue weighted by atomic mass is 10.3. The lowest BCUT2D eigenvalue weighted by Gasteiger charge is -1.94. The standard InChI is InChI=1S/C7H3BrN4/c8-6-1-5(2-9)7-10-4-11-12(7)3-6/h1,3-4H. The molecule has 4 nitrogen and oxygen atoms in total. The van der Waals surface area contributed by atoms with E-state index in [1.165, 1.54) is 6.33 Å². The molecule has 0 bridgehead atoms. The maximum absolute atomic E-state index is 8.73. The van der Waals surface area contributed by atoms with Gasteiger partial charge in [0.15, 0.2) is 5.65 Å². The Morgan fingerprint density at radius 1 is 1.58 bits per heavy atom. The van der Waals surface area contributed by atoms with Gasteiger partial charge in [0.1, 0.15) is 12.4 Å². The van der Waals surface area contributed by atoms with Crippen LogP contribution in [0.4, 0.5) is 0 Å². The second kappa shape index (κ2) is 2.57. The van der Waals surface area contributed by atoms with Gasteiger partial charge in [0.05, 0.1) is 5.56 Å². The SMILES string of the molecule is N#Cc1cc(Br)cn2ncnc12. The second-order valence-corrected chi connectivity index (χ2v) is 3.13. The van der Waals surface area contributed by atoms with Gasteiger partial charge in [0.2, 0.25) is 0 Å². The molecule has 2 heterocycles. The van der Waals surface area contributed by atoms with Gasteiger partial charge in [-0.25, -0.2) is 9.50 Å². The Bertz CT molecular complexity index is 468. The fourth-order valence-electron chi connectivity index (χ4n) is 0.976. The Morgan fingerprint density at radius 2 is 2.42 bits per heavy atom. The molecule has 2 aromatic rings. The zero-order valence-corrected chi connectivity index (χ0v) is 7.48. The first-order valence-corrected chi connectivity index (χ1v) is 3.99. The number of pyridine rings is 1. The van der Waals surface area contributed by atoms with E-state index in [0.29, 0.717) is 11.2 Å². The zero-order valence-electron chi connectivity index (χ0n) is 5.90. The molecule has 0 saturated carbocycles. The van der Waals surface area contributed by atoms with Crippen molar-refractivity contribution in [2.45, 2.75) is 0 Å². The Hall–Kier alpha value is -1.41. The number of fused-ring (bicyclic) bond motifs is 1. The Labute approximate surface area is 76.6 Å². The molecular weight excluding hydrogens is 220 g/mol. The summed E-state index contributed by atoms with van der Waals surface area (Å²) in [6, 6.07) is 3.76. The molecule has 0 N–H and O–H groups in total. The number of aromatic nitrogens is 3. The average Bonchev–Trinajstić information content (AvgIpc) is 2.50. The first-order chi connectivity index (χ1) is 5.81. The van der Waals surface area contributed by atoms with Gasteiger partial charge in [-0.3, -0.25) is 0 Å². The molecule has 2 aromatic heterocycles. The molecular formula is C7H3BrN4. The minimum absolute atomic E-state index is 0.516. The number of halogens is 1. The fourth-order valence-corrected chi connectivity index (χ4v) is 1.40. The predicted molar refractivity (Wildman–Crippen MR) is 45.4 cm³/mol. The minimum atomic E-state index is 0.516. The maximum atomic E-state index is 8.73.